The summed E-state index contributed by atoms with van der Waals surface area (Å²) >= 11 is 0. The third-order valence-corrected chi connectivity index (χ3v) is 2.60. The predicted octanol–water partition coefficient (Wildman–Crippen LogP) is 4.33. The largest absolute Gasteiger partial charge is 0.463 e. The van der Waals surface area contributed by atoms with Crippen molar-refractivity contribution in [2.45, 2.75) is 26.2 Å². The van der Waals surface area contributed by atoms with Crippen LogP contribution in [0.1, 0.15) is 32.1 Å². The van der Waals surface area contributed by atoms with E-state index in [2.05, 4.69) is 37.9 Å². The van der Waals surface area contributed by atoms with E-state index in [0.29, 0.717) is 0 Å². The Hall–Kier alpha value is -1.83. The summed E-state index contributed by atoms with van der Waals surface area (Å²) in [4.78, 5) is 4.40. The second-order valence-corrected chi connectivity index (χ2v) is 5.07. The van der Waals surface area contributed by atoms with Crippen LogP contribution in [-0.4, -0.2) is 6.21 Å². The second kappa shape index (κ2) is 4.58. The molecule has 0 bridgehead atoms. The Morgan fingerprint density at radius 1 is 1.12 bits per heavy atom. The number of aliphatic imine (C=N–C) groups is 1. The zero-order chi connectivity index (χ0) is 12.3. The van der Waals surface area contributed by atoms with Crippen LogP contribution in [0.25, 0.3) is 0 Å². The first-order valence-corrected chi connectivity index (χ1v) is 5.74. The lowest BCUT2D eigenvalue weighted by Crippen LogP contribution is -2.10. The summed E-state index contributed by atoms with van der Waals surface area (Å²) in [5, 5.41) is 0. The molecule has 0 unspecified atom stereocenters. The van der Waals surface area contributed by atoms with E-state index in [9.17, 15) is 0 Å². The fourth-order valence-electron chi connectivity index (χ4n) is 1.56. The van der Waals surface area contributed by atoms with Crippen LogP contribution < -0.4 is 0 Å². The Labute approximate surface area is 102 Å². The van der Waals surface area contributed by atoms with Crippen molar-refractivity contribution in [2.24, 2.45) is 4.99 Å². The van der Waals surface area contributed by atoms with Crippen LogP contribution in [0, 0.1) is 0 Å². The molecule has 0 saturated carbocycles. The molecule has 2 aromatic rings. The van der Waals surface area contributed by atoms with E-state index in [1.54, 1.807) is 12.5 Å². The van der Waals surface area contributed by atoms with E-state index in [0.717, 1.165) is 11.4 Å². The summed E-state index contributed by atoms with van der Waals surface area (Å²) in [5.74, 6) is 0.770. The molecule has 0 atom stereocenters. The maximum atomic E-state index is 5.20. The van der Waals surface area contributed by atoms with Crippen LogP contribution in [0.15, 0.2) is 52.1 Å². The lowest BCUT2D eigenvalue weighted by Gasteiger charge is -2.18. The molecule has 88 valence electrons. The summed E-state index contributed by atoms with van der Waals surface area (Å²) in [6.07, 6.45) is 3.38. The number of hydrogen-bond donors (Lipinski definition) is 0. The van der Waals surface area contributed by atoms with Crippen molar-refractivity contribution in [2.75, 3.05) is 0 Å². The maximum Gasteiger partial charge on any atom is 0.144 e. The quantitative estimate of drug-likeness (QED) is 0.701. The monoisotopic (exact) mass is 227 g/mol. The smallest absolute Gasteiger partial charge is 0.144 e. The van der Waals surface area contributed by atoms with Gasteiger partial charge in [0.25, 0.3) is 0 Å². The molecule has 0 N–H and O–H groups in total. The highest BCUT2D eigenvalue weighted by Crippen LogP contribution is 2.25. The molecule has 0 radical (unpaired) electrons. The average molecular weight is 227 g/mol. The molecule has 1 aromatic heterocycles. The van der Waals surface area contributed by atoms with Crippen molar-refractivity contribution in [3.8, 4) is 0 Å². The lowest BCUT2D eigenvalue weighted by molar-refractivity contribution is 0.560. The summed E-state index contributed by atoms with van der Waals surface area (Å²) < 4.78 is 5.20. The molecule has 2 nitrogen and oxygen atoms in total. The maximum absolute atomic E-state index is 5.20. The van der Waals surface area contributed by atoms with E-state index in [1.807, 2.05) is 24.3 Å². The molecule has 0 saturated heterocycles. The molecular weight excluding hydrogens is 210 g/mol. The minimum atomic E-state index is 0.149. The van der Waals surface area contributed by atoms with Gasteiger partial charge in [0.15, 0.2) is 0 Å². The SMILES string of the molecule is CC(C)(C)c1cccc(N=Cc2ccco2)c1. The molecule has 2 rings (SSSR count). The third kappa shape index (κ3) is 3.06. The van der Waals surface area contributed by atoms with Gasteiger partial charge in [-0.15, -0.1) is 0 Å². The van der Waals surface area contributed by atoms with Crippen LogP contribution in [-0.2, 0) is 5.41 Å². The second-order valence-electron chi connectivity index (χ2n) is 5.07. The Morgan fingerprint density at radius 3 is 2.59 bits per heavy atom. The van der Waals surface area contributed by atoms with Crippen LogP contribution in [0.5, 0.6) is 0 Å². The Bertz CT molecular complexity index is 504. The molecule has 1 aromatic carbocycles. The summed E-state index contributed by atoms with van der Waals surface area (Å²) in [7, 11) is 0. The number of benzene rings is 1. The van der Waals surface area contributed by atoms with Gasteiger partial charge in [0, 0.05) is 0 Å². The van der Waals surface area contributed by atoms with E-state index < -0.39 is 0 Å². The Morgan fingerprint density at radius 2 is 1.94 bits per heavy atom. The van der Waals surface area contributed by atoms with Gasteiger partial charge in [-0.2, -0.15) is 0 Å². The van der Waals surface area contributed by atoms with E-state index >= 15 is 0 Å². The molecule has 0 aliphatic carbocycles. The minimum Gasteiger partial charge on any atom is -0.463 e. The average Bonchev–Trinajstić information content (AvgIpc) is 2.78. The van der Waals surface area contributed by atoms with Crippen molar-refractivity contribution < 1.29 is 4.42 Å². The summed E-state index contributed by atoms with van der Waals surface area (Å²) in [6, 6.07) is 12.0. The summed E-state index contributed by atoms with van der Waals surface area (Å²) in [5.41, 5.74) is 2.39. The van der Waals surface area contributed by atoms with Crippen LogP contribution in [0.2, 0.25) is 0 Å². The molecule has 2 heteroatoms. The topological polar surface area (TPSA) is 25.5 Å². The third-order valence-electron chi connectivity index (χ3n) is 2.60. The van der Waals surface area contributed by atoms with Crippen LogP contribution in [0.4, 0.5) is 5.69 Å². The zero-order valence-corrected chi connectivity index (χ0v) is 10.5. The fourth-order valence-corrected chi connectivity index (χ4v) is 1.56. The van der Waals surface area contributed by atoms with Gasteiger partial charge in [0.2, 0.25) is 0 Å². The molecular formula is C15H17NO. The predicted molar refractivity (Wildman–Crippen MR) is 71.1 cm³/mol. The first kappa shape index (κ1) is 11.6. The van der Waals surface area contributed by atoms with Crippen molar-refractivity contribution in [1.82, 2.24) is 0 Å². The number of hydrogen-bond acceptors (Lipinski definition) is 2. The van der Waals surface area contributed by atoms with Crippen molar-refractivity contribution in [1.29, 1.82) is 0 Å². The van der Waals surface area contributed by atoms with Crippen molar-refractivity contribution in [3.63, 3.8) is 0 Å². The molecule has 1 heterocycles. The molecule has 0 amide bonds. The highest BCUT2D eigenvalue weighted by Gasteiger charge is 2.13. The van der Waals surface area contributed by atoms with Crippen LogP contribution >= 0.6 is 0 Å². The van der Waals surface area contributed by atoms with Gasteiger partial charge >= 0.3 is 0 Å². The van der Waals surface area contributed by atoms with Gasteiger partial charge in [-0.3, -0.25) is 4.99 Å². The number of furan rings is 1. The lowest BCUT2D eigenvalue weighted by atomic mass is 9.87. The van der Waals surface area contributed by atoms with Crippen molar-refractivity contribution >= 4 is 11.9 Å². The number of nitrogens with zero attached hydrogens (tertiary/aromatic N) is 1. The molecule has 17 heavy (non-hydrogen) atoms. The number of rotatable bonds is 2. The van der Waals surface area contributed by atoms with E-state index in [1.165, 1.54) is 5.56 Å². The highest BCUT2D eigenvalue weighted by atomic mass is 16.3. The minimum absolute atomic E-state index is 0.149. The van der Waals surface area contributed by atoms with Gasteiger partial charge < -0.3 is 4.42 Å². The molecule has 0 spiro atoms. The standard InChI is InChI=1S/C15H17NO/c1-15(2,3)12-6-4-7-13(10-12)16-11-14-8-5-9-17-14/h4-11H,1-3H3. The fraction of sp³-hybridized carbons (Fsp3) is 0.267. The molecule has 0 fully saturated rings. The normalized spacial score (nSPS) is 12.2. The first-order chi connectivity index (χ1) is 8.05. The van der Waals surface area contributed by atoms with Gasteiger partial charge in [-0.1, -0.05) is 32.9 Å². The highest BCUT2D eigenvalue weighted by molar-refractivity contribution is 5.78. The van der Waals surface area contributed by atoms with E-state index in [4.69, 9.17) is 4.42 Å². The van der Waals surface area contributed by atoms with E-state index in [-0.39, 0.29) is 5.41 Å². The van der Waals surface area contributed by atoms with Crippen LogP contribution in [0.3, 0.4) is 0 Å². The molecule has 0 aliphatic rings. The Kier molecular flexibility index (Phi) is 3.14. The van der Waals surface area contributed by atoms with Gasteiger partial charge in [-0.05, 0) is 35.2 Å². The first-order valence-electron chi connectivity index (χ1n) is 5.74. The van der Waals surface area contributed by atoms with Gasteiger partial charge in [0.05, 0.1) is 18.2 Å². The zero-order valence-electron chi connectivity index (χ0n) is 10.5. The van der Waals surface area contributed by atoms with Crippen molar-refractivity contribution in [3.05, 3.63) is 54.0 Å². The van der Waals surface area contributed by atoms with Gasteiger partial charge in [-0.25, -0.2) is 0 Å². The molecule has 0 aliphatic heterocycles. The Balaban J connectivity index is 2.23. The summed E-state index contributed by atoms with van der Waals surface area (Å²) in [6.45, 7) is 6.59. The van der Waals surface area contributed by atoms with Gasteiger partial charge in [0.1, 0.15) is 5.76 Å².